The Hall–Kier alpha value is -1.29. The van der Waals surface area contributed by atoms with Crippen LogP contribution in [-0.4, -0.2) is 18.0 Å². The Balaban J connectivity index is 1.88. The van der Waals surface area contributed by atoms with Crippen LogP contribution in [0.2, 0.25) is 0 Å². The number of amides is 1. The number of rotatable bonds is 3. The van der Waals surface area contributed by atoms with E-state index in [1.807, 2.05) is 13.0 Å². The van der Waals surface area contributed by atoms with Gasteiger partial charge in [-0.3, -0.25) is 4.79 Å². The van der Waals surface area contributed by atoms with E-state index < -0.39 is 0 Å². The number of aryl methyl sites for hydroxylation is 1. The molecule has 1 aliphatic carbocycles. The predicted octanol–water partition coefficient (Wildman–Crippen LogP) is 1.84. The number of furan rings is 1. The molecule has 1 aromatic heterocycles. The second kappa shape index (κ2) is 5.36. The highest BCUT2D eigenvalue weighted by Gasteiger charge is 2.21. The van der Waals surface area contributed by atoms with Crippen molar-refractivity contribution in [2.24, 2.45) is 5.73 Å². The van der Waals surface area contributed by atoms with Gasteiger partial charge in [-0.25, -0.2) is 0 Å². The fraction of sp³-hybridized carbons (Fsp3) is 0.615. The minimum Gasteiger partial charge on any atom is -0.456 e. The van der Waals surface area contributed by atoms with Crippen LogP contribution in [0.25, 0.3) is 0 Å². The van der Waals surface area contributed by atoms with Crippen LogP contribution in [0, 0.1) is 0 Å². The van der Waals surface area contributed by atoms with Gasteiger partial charge in [0.2, 0.25) is 0 Å². The Morgan fingerprint density at radius 1 is 1.41 bits per heavy atom. The van der Waals surface area contributed by atoms with E-state index in [0.29, 0.717) is 11.8 Å². The molecule has 0 saturated heterocycles. The Labute approximate surface area is 102 Å². The molecule has 1 amide bonds. The summed E-state index contributed by atoms with van der Waals surface area (Å²) in [4.78, 5) is 11.9. The molecule has 0 aliphatic heterocycles. The van der Waals surface area contributed by atoms with Crippen molar-refractivity contribution in [1.82, 2.24) is 5.32 Å². The molecule has 0 unspecified atom stereocenters. The molecule has 4 nitrogen and oxygen atoms in total. The number of nitrogens with one attached hydrogen (secondary N) is 1. The Kier molecular flexibility index (Phi) is 3.84. The molecule has 0 atom stereocenters. The number of carbonyl (C=O) groups excluding carboxylic acids is 1. The molecular formula is C13H20N2O2. The van der Waals surface area contributed by atoms with E-state index >= 15 is 0 Å². The Morgan fingerprint density at radius 3 is 2.71 bits per heavy atom. The molecule has 3 N–H and O–H groups in total. The third kappa shape index (κ3) is 3.09. The molecule has 1 aromatic rings. The van der Waals surface area contributed by atoms with E-state index in [-0.39, 0.29) is 11.9 Å². The van der Waals surface area contributed by atoms with Crippen molar-refractivity contribution in [3.8, 4) is 0 Å². The zero-order valence-corrected chi connectivity index (χ0v) is 10.2. The summed E-state index contributed by atoms with van der Waals surface area (Å²) in [6, 6.07) is 4.14. The summed E-state index contributed by atoms with van der Waals surface area (Å²) in [5.41, 5.74) is 5.83. The number of carbonyl (C=O) groups is 1. The quantitative estimate of drug-likeness (QED) is 0.841. The maximum Gasteiger partial charge on any atom is 0.287 e. The van der Waals surface area contributed by atoms with Crippen molar-refractivity contribution >= 4 is 5.91 Å². The van der Waals surface area contributed by atoms with E-state index in [9.17, 15) is 4.79 Å². The van der Waals surface area contributed by atoms with Gasteiger partial charge in [0.25, 0.3) is 5.91 Å². The summed E-state index contributed by atoms with van der Waals surface area (Å²) < 4.78 is 5.42. The summed E-state index contributed by atoms with van der Waals surface area (Å²) in [6.45, 7) is 2.00. The van der Waals surface area contributed by atoms with Gasteiger partial charge in [0.15, 0.2) is 5.76 Å². The summed E-state index contributed by atoms with van der Waals surface area (Å²) in [7, 11) is 0. The van der Waals surface area contributed by atoms with Gasteiger partial charge in [-0.15, -0.1) is 0 Å². The fourth-order valence-corrected chi connectivity index (χ4v) is 2.21. The lowest BCUT2D eigenvalue weighted by Gasteiger charge is -2.26. The fourth-order valence-electron chi connectivity index (χ4n) is 2.21. The molecule has 2 rings (SSSR count). The average Bonchev–Trinajstić information content (AvgIpc) is 2.81. The van der Waals surface area contributed by atoms with Crippen molar-refractivity contribution in [3.05, 3.63) is 23.7 Å². The minimum absolute atomic E-state index is 0.106. The maximum absolute atomic E-state index is 11.9. The number of hydrogen-bond acceptors (Lipinski definition) is 3. The molecule has 1 aliphatic rings. The first-order valence-electron chi connectivity index (χ1n) is 6.34. The second-order valence-corrected chi connectivity index (χ2v) is 4.70. The number of hydrogen-bond donors (Lipinski definition) is 2. The molecule has 1 saturated carbocycles. The highest BCUT2D eigenvalue weighted by molar-refractivity contribution is 5.91. The van der Waals surface area contributed by atoms with Gasteiger partial charge in [0.1, 0.15) is 5.76 Å². The molecular weight excluding hydrogens is 216 g/mol. The molecule has 0 bridgehead atoms. The monoisotopic (exact) mass is 236 g/mol. The topological polar surface area (TPSA) is 68.3 Å². The highest BCUT2D eigenvalue weighted by Crippen LogP contribution is 2.17. The van der Waals surface area contributed by atoms with Crippen LogP contribution in [0.5, 0.6) is 0 Å². The van der Waals surface area contributed by atoms with Gasteiger partial charge in [-0.1, -0.05) is 6.92 Å². The SMILES string of the molecule is CCc1ccc(C(=O)NC2CCC(N)CC2)o1. The van der Waals surface area contributed by atoms with E-state index in [2.05, 4.69) is 5.32 Å². The van der Waals surface area contributed by atoms with Crippen molar-refractivity contribution in [1.29, 1.82) is 0 Å². The van der Waals surface area contributed by atoms with Crippen LogP contribution < -0.4 is 11.1 Å². The first-order chi connectivity index (χ1) is 8.19. The Bertz CT molecular complexity index is 379. The van der Waals surface area contributed by atoms with Gasteiger partial charge in [-0.2, -0.15) is 0 Å². The zero-order chi connectivity index (χ0) is 12.3. The Morgan fingerprint density at radius 2 is 2.12 bits per heavy atom. The van der Waals surface area contributed by atoms with Gasteiger partial charge in [-0.05, 0) is 37.8 Å². The van der Waals surface area contributed by atoms with Crippen LogP contribution in [0.4, 0.5) is 0 Å². The van der Waals surface area contributed by atoms with Gasteiger partial charge in [0.05, 0.1) is 0 Å². The summed E-state index contributed by atoms with van der Waals surface area (Å²) >= 11 is 0. The normalized spacial score (nSPS) is 24.6. The van der Waals surface area contributed by atoms with E-state index in [1.165, 1.54) is 0 Å². The van der Waals surface area contributed by atoms with E-state index in [0.717, 1.165) is 37.9 Å². The van der Waals surface area contributed by atoms with Gasteiger partial charge in [0, 0.05) is 18.5 Å². The number of nitrogens with two attached hydrogens (primary N) is 1. The van der Waals surface area contributed by atoms with Crippen molar-refractivity contribution in [2.45, 2.75) is 51.1 Å². The first kappa shape index (κ1) is 12.2. The van der Waals surface area contributed by atoms with Gasteiger partial charge >= 0.3 is 0 Å². The molecule has 1 fully saturated rings. The van der Waals surface area contributed by atoms with Crippen LogP contribution >= 0.6 is 0 Å². The second-order valence-electron chi connectivity index (χ2n) is 4.70. The molecule has 17 heavy (non-hydrogen) atoms. The molecule has 4 heteroatoms. The lowest BCUT2D eigenvalue weighted by atomic mass is 9.92. The molecule has 0 spiro atoms. The van der Waals surface area contributed by atoms with Crippen molar-refractivity contribution in [3.63, 3.8) is 0 Å². The third-order valence-electron chi connectivity index (χ3n) is 3.34. The smallest absolute Gasteiger partial charge is 0.287 e. The maximum atomic E-state index is 11.9. The van der Waals surface area contributed by atoms with Gasteiger partial charge < -0.3 is 15.5 Å². The van der Waals surface area contributed by atoms with E-state index in [4.69, 9.17) is 10.2 Å². The summed E-state index contributed by atoms with van der Waals surface area (Å²) in [5.74, 6) is 1.16. The molecule has 0 aromatic carbocycles. The highest BCUT2D eigenvalue weighted by atomic mass is 16.3. The van der Waals surface area contributed by atoms with Crippen molar-refractivity contribution < 1.29 is 9.21 Å². The molecule has 0 radical (unpaired) electrons. The minimum atomic E-state index is -0.106. The van der Waals surface area contributed by atoms with Crippen molar-refractivity contribution in [2.75, 3.05) is 0 Å². The van der Waals surface area contributed by atoms with Crippen LogP contribution in [0.3, 0.4) is 0 Å². The summed E-state index contributed by atoms with van der Waals surface area (Å²) in [5, 5.41) is 3.00. The zero-order valence-electron chi connectivity index (χ0n) is 10.2. The lowest BCUT2D eigenvalue weighted by molar-refractivity contribution is 0.0896. The first-order valence-corrected chi connectivity index (χ1v) is 6.34. The van der Waals surface area contributed by atoms with E-state index in [1.54, 1.807) is 6.07 Å². The largest absolute Gasteiger partial charge is 0.456 e. The molecule has 94 valence electrons. The van der Waals surface area contributed by atoms with Crippen LogP contribution in [-0.2, 0) is 6.42 Å². The summed E-state index contributed by atoms with van der Waals surface area (Å²) in [6.07, 6.45) is 4.72. The van der Waals surface area contributed by atoms with Crippen LogP contribution in [0.1, 0.15) is 48.9 Å². The van der Waals surface area contributed by atoms with Crippen LogP contribution in [0.15, 0.2) is 16.5 Å². The average molecular weight is 236 g/mol. The standard InChI is InChI=1S/C13H20N2O2/c1-2-11-7-8-12(17-11)13(16)15-10-5-3-9(14)4-6-10/h7-10H,2-6,14H2,1H3,(H,15,16). The third-order valence-corrected chi connectivity index (χ3v) is 3.34. The molecule has 1 heterocycles. The lowest BCUT2D eigenvalue weighted by Crippen LogP contribution is -2.40. The predicted molar refractivity (Wildman–Crippen MR) is 65.8 cm³/mol.